The number of esters is 1. The minimum absolute atomic E-state index is 0.171. The number of allylic oxidation sites excluding steroid dienone is 1. The lowest BCUT2D eigenvalue weighted by molar-refractivity contribution is -0.221. The van der Waals surface area contributed by atoms with E-state index < -0.39 is 0 Å². The normalized spacial score (nSPS) is 35.3. The summed E-state index contributed by atoms with van der Waals surface area (Å²) in [6.07, 6.45) is 9.38. The second kappa shape index (κ2) is 6.95. The number of hydroxylamine groups is 2. The molecule has 0 aromatic heterocycles. The van der Waals surface area contributed by atoms with Crippen molar-refractivity contribution in [2.24, 2.45) is 16.7 Å². The molecule has 0 N–H and O–H groups in total. The molecular weight excluding hydrogens is 394 g/mol. The van der Waals surface area contributed by atoms with Crippen LogP contribution in [0, 0.1) is 16.7 Å². The van der Waals surface area contributed by atoms with Crippen LogP contribution in [0.4, 0.5) is 0 Å². The van der Waals surface area contributed by atoms with Crippen molar-refractivity contribution in [3.8, 4) is 5.75 Å². The molecular formula is C25H29NO5. The fourth-order valence-corrected chi connectivity index (χ4v) is 6.68. The number of benzene rings is 1. The van der Waals surface area contributed by atoms with Gasteiger partial charge in [0.1, 0.15) is 17.6 Å². The molecule has 1 fully saturated rings. The van der Waals surface area contributed by atoms with Crippen LogP contribution in [-0.2, 0) is 25.6 Å². The molecule has 1 spiro atoms. The Labute approximate surface area is 182 Å². The Morgan fingerprint density at radius 1 is 1.23 bits per heavy atom. The van der Waals surface area contributed by atoms with Crippen LogP contribution in [0.2, 0.25) is 0 Å². The van der Waals surface area contributed by atoms with E-state index in [1.54, 1.807) is 13.3 Å². The van der Waals surface area contributed by atoms with Crippen LogP contribution in [0.1, 0.15) is 57.1 Å². The van der Waals surface area contributed by atoms with Gasteiger partial charge in [0.15, 0.2) is 0 Å². The molecule has 6 nitrogen and oxygen atoms in total. The van der Waals surface area contributed by atoms with Gasteiger partial charge in [-0.15, -0.1) is 0 Å². The highest BCUT2D eigenvalue weighted by Crippen LogP contribution is 2.70. The lowest BCUT2D eigenvalue weighted by atomic mass is 9.46. The van der Waals surface area contributed by atoms with E-state index in [1.807, 2.05) is 12.1 Å². The molecule has 5 atom stereocenters. The van der Waals surface area contributed by atoms with Gasteiger partial charge in [0, 0.05) is 30.9 Å². The van der Waals surface area contributed by atoms with Crippen molar-refractivity contribution in [1.29, 1.82) is 0 Å². The Bertz CT molecular complexity index is 1010. The first-order valence-corrected chi connectivity index (χ1v) is 11.0. The lowest BCUT2D eigenvalue weighted by Crippen LogP contribution is -2.57. The molecule has 1 heterocycles. The summed E-state index contributed by atoms with van der Waals surface area (Å²) in [5.41, 5.74) is 2.00. The predicted octanol–water partition coefficient (Wildman–Crippen LogP) is 4.26. The summed E-state index contributed by atoms with van der Waals surface area (Å²) >= 11 is 0. The highest BCUT2D eigenvalue weighted by molar-refractivity contribution is 5.73. The first-order chi connectivity index (χ1) is 14.8. The Morgan fingerprint density at radius 2 is 2.03 bits per heavy atom. The maximum Gasteiger partial charge on any atom is 0.307 e. The molecule has 6 heteroatoms. The molecule has 0 unspecified atom stereocenters. The summed E-state index contributed by atoms with van der Waals surface area (Å²) in [4.78, 5) is 30.1. The minimum Gasteiger partial charge on any atom is -0.497 e. The molecule has 3 aliphatic carbocycles. The third-order valence-electron chi connectivity index (χ3n) is 8.08. The molecule has 1 saturated carbocycles. The molecule has 0 bridgehead atoms. The monoisotopic (exact) mass is 423 g/mol. The first-order valence-electron chi connectivity index (χ1n) is 11.0. The number of rotatable bonds is 2. The number of fused-ring (bicyclic) bond motifs is 3. The highest BCUT2D eigenvalue weighted by Gasteiger charge is 2.68. The van der Waals surface area contributed by atoms with Gasteiger partial charge in [-0.2, -0.15) is 5.06 Å². The summed E-state index contributed by atoms with van der Waals surface area (Å²) in [6, 6.07) is 6.42. The van der Waals surface area contributed by atoms with Crippen molar-refractivity contribution < 1.29 is 23.9 Å². The molecule has 1 amide bonds. The van der Waals surface area contributed by atoms with E-state index in [4.69, 9.17) is 14.3 Å². The van der Waals surface area contributed by atoms with E-state index in [2.05, 4.69) is 25.1 Å². The first kappa shape index (κ1) is 20.3. The zero-order valence-electron chi connectivity index (χ0n) is 18.5. The number of methoxy groups -OCH3 is 1. The van der Waals surface area contributed by atoms with Crippen molar-refractivity contribution in [2.75, 3.05) is 7.11 Å². The van der Waals surface area contributed by atoms with E-state index in [0.29, 0.717) is 17.6 Å². The van der Waals surface area contributed by atoms with Crippen LogP contribution >= 0.6 is 0 Å². The summed E-state index contributed by atoms with van der Waals surface area (Å²) in [7, 11) is 1.70. The van der Waals surface area contributed by atoms with Crippen LogP contribution in [-0.4, -0.2) is 30.2 Å². The van der Waals surface area contributed by atoms with Gasteiger partial charge in [0.25, 0.3) is 0 Å². The average molecular weight is 424 g/mol. The fraction of sp³-hybridized carbons (Fsp3) is 0.520. The third-order valence-corrected chi connectivity index (χ3v) is 8.08. The van der Waals surface area contributed by atoms with Crippen LogP contribution < -0.4 is 4.74 Å². The number of hydrogen-bond acceptors (Lipinski definition) is 5. The average Bonchev–Trinajstić information content (AvgIpc) is 3.00. The number of nitrogens with zero attached hydrogens (tertiary/aromatic N) is 1. The standard InChI is InChI=1S/C25H29NO5/c1-15(27)26-12-11-25-21-8-5-17-13-18(29-4)6-7-19(17)20(21)9-10-24(25,3)22(30-16(2)28)14-23(25)31-26/h6-7,11-14,20-21,23H,5,8-10H2,1-4H3/t20-,21-,23-,24-,25+/m1/s1. The van der Waals surface area contributed by atoms with E-state index in [9.17, 15) is 9.59 Å². The summed E-state index contributed by atoms with van der Waals surface area (Å²) < 4.78 is 11.2. The molecule has 0 saturated heterocycles. The number of amides is 1. The van der Waals surface area contributed by atoms with Crippen molar-refractivity contribution in [3.63, 3.8) is 0 Å². The second-order valence-corrected chi connectivity index (χ2v) is 9.43. The van der Waals surface area contributed by atoms with Crippen molar-refractivity contribution in [2.45, 2.75) is 58.5 Å². The molecule has 164 valence electrons. The van der Waals surface area contributed by atoms with Crippen molar-refractivity contribution in [3.05, 3.63) is 53.4 Å². The SMILES string of the molecule is COc1ccc2c(c1)CC[C@@H]1[C@@H]2CC[C@]2(C)C(OC(C)=O)=C[C@H]3ON(C(C)=O)C=C[C@]132. The Kier molecular flexibility index (Phi) is 4.56. The fourth-order valence-electron chi connectivity index (χ4n) is 6.68. The zero-order valence-corrected chi connectivity index (χ0v) is 18.5. The topological polar surface area (TPSA) is 65.1 Å². The lowest BCUT2D eigenvalue weighted by Gasteiger charge is -2.59. The van der Waals surface area contributed by atoms with Gasteiger partial charge in [-0.1, -0.05) is 19.1 Å². The maximum absolute atomic E-state index is 12.0. The molecule has 1 aromatic rings. The largest absolute Gasteiger partial charge is 0.497 e. The number of aryl methyl sites for hydroxylation is 1. The van der Waals surface area contributed by atoms with Gasteiger partial charge in [0.05, 0.1) is 7.11 Å². The second-order valence-electron chi connectivity index (χ2n) is 9.43. The summed E-state index contributed by atoms with van der Waals surface area (Å²) in [5, 5.41) is 1.30. The minimum atomic E-state index is -0.371. The van der Waals surface area contributed by atoms with Gasteiger partial charge in [-0.05, 0) is 66.9 Å². The smallest absolute Gasteiger partial charge is 0.307 e. The van der Waals surface area contributed by atoms with Crippen LogP contribution in [0.25, 0.3) is 0 Å². The van der Waals surface area contributed by atoms with Crippen LogP contribution in [0.5, 0.6) is 5.75 Å². The van der Waals surface area contributed by atoms with E-state index in [-0.39, 0.29) is 28.8 Å². The van der Waals surface area contributed by atoms with Crippen molar-refractivity contribution in [1.82, 2.24) is 5.06 Å². The third kappa shape index (κ3) is 2.73. The number of carbonyl (C=O) groups excluding carboxylic acids is 2. The van der Waals surface area contributed by atoms with E-state index >= 15 is 0 Å². The van der Waals surface area contributed by atoms with Gasteiger partial charge in [0.2, 0.25) is 5.91 Å². The highest BCUT2D eigenvalue weighted by atomic mass is 16.7. The Hall–Kier alpha value is -2.60. The number of ether oxygens (including phenoxy) is 2. The number of carbonyl (C=O) groups is 2. The quantitative estimate of drug-likeness (QED) is 0.665. The molecule has 1 aromatic carbocycles. The van der Waals surface area contributed by atoms with E-state index in [1.165, 1.54) is 30.0 Å². The van der Waals surface area contributed by atoms with E-state index in [0.717, 1.165) is 31.4 Å². The number of hydrogen-bond donors (Lipinski definition) is 0. The Morgan fingerprint density at radius 3 is 2.74 bits per heavy atom. The molecule has 1 aliphatic heterocycles. The zero-order chi connectivity index (χ0) is 22.0. The molecule has 31 heavy (non-hydrogen) atoms. The van der Waals surface area contributed by atoms with Crippen molar-refractivity contribution >= 4 is 11.9 Å². The van der Waals surface area contributed by atoms with Gasteiger partial charge in [-0.3, -0.25) is 14.4 Å². The predicted molar refractivity (Wildman–Crippen MR) is 114 cm³/mol. The van der Waals surface area contributed by atoms with Gasteiger partial charge < -0.3 is 9.47 Å². The van der Waals surface area contributed by atoms with Gasteiger partial charge >= 0.3 is 5.97 Å². The molecule has 5 rings (SSSR count). The van der Waals surface area contributed by atoms with Gasteiger partial charge in [-0.25, -0.2) is 0 Å². The molecule has 4 aliphatic rings. The van der Waals surface area contributed by atoms with Crippen LogP contribution in [0.3, 0.4) is 0 Å². The van der Waals surface area contributed by atoms with Crippen LogP contribution in [0.15, 0.2) is 42.3 Å². The molecule has 0 radical (unpaired) electrons. The maximum atomic E-state index is 12.0. The summed E-state index contributed by atoms with van der Waals surface area (Å²) in [5.74, 6) is 1.78. The summed E-state index contributed by atoms with van der Waals surface area (Å²) in [6.45, 7) is 5.12. The Balaban J connectivity index is 1.62.